The first-order valence-electron chi connectivity index (χ1n) is 9.28. The smallest absolute Gasteiger partial charge is 0.230 e. The maximum Gasteiger partial charge on any atom is 0.230 e. The molecule has 2 amide bonds. The summed E-state index contributed by atoms with van der Waals surface area (Å²) in [6.45, 7) is 4.74. The predicted molar refractivity (Wildman–Crippen MR) is 96.2 cm³/mol. The van der Waals surface area contributed by atoms with Crippen molar-refractivity contribution < 1.29 is 14.3 Å². The molecule has 0 radical (unpaired) electrons. The molecule has 2 saturated heterocycles. The molecule has 2 fully saturated rings. The van der Waals surface area contributed by atoms with Gasteiger partial charge in [-0.15, -0.1) is 0 Å². The fraction of sp³-hybridized carbons (Fsp3) is 0.600. The number of carbonyl (C=O) groups excluding carboxylic acids is 2. The highest BCUT2D eigenvalue weighted by Crippen LogP contribution is 2.40. The second-order valence-corrected chi connectivity index (χ2v) is 7.28. The van der Waals surface area contributed by atoms with Crippen molar-refractivity contribution in [3.8, 4) is 5.75 Å². The first-order valence-corrected chi connectivity index (χ1v) is 9.28. The summed E-state index contributed by atoms with van der Waals surface area (Å²) in [4.78, 5) is 29.3. The molecule has 2 aliphatic heterocycles. The third kappa shape index (κ3) is 3.65. The predicted octanol–water partition coefficient (Wildman–Crippen LogP) is 2.84. The van der Waals surface area contributed by atoms with Crippen molar-refractivity contribution in [2.75, 3.05) is 26.7 Å². The molecule has 0 bridgehead atoms. The van der Waals surface area contributed by atoms with Crippen molar-refractivity contribution in [2.24, 2.45) is 5.41 Å². The molecule has 1 spiro atoms. The van der Waals surface area contributed by atoms with Crippen LogP contribution in [0.5, 0.6) is 5.75 Å². The second kappa shape index (κ2) is 7.46. The lowest BCUT2D eigenvalue weighted by molar-refractivity contribution is -0.146. The molecule has 0 aliphatic carbocycles. The molecule has 1 aromatic rings. The van der Waals surface area contributed by atoms with E-state index in [9.17, 15) is 9.59 Å². The van der Waals surface area contributed by atoms with Gasteiger partial charge < -0.3 is 14.5 Å². The number of rotatable bonds is 5. The number of hydrogen-bond donors (Lipinski definition) is 0. The zero-order valence-electron chi connectivity index (χ0n) is 15.3. The van der Waals surface area contributed by atoms with Crippen LogP contribution in [0.3, 0.4) is 0 Å². The van der Waals surface area contributed by atoms with Crippen molar-refractivity contribution in [3.63, 3.8) is 0 Å². The van der Waals surface area contributed by atoms with Gasteiger partial charge in [-0.1, -0.05) is 19.1 Å². The van der Waals surface area contributed by atoms with Crippen LogP contribution in [0.15, 0.2) is 24.3 Å². The summed E-state index contributed by atoms with van der Waals surface area (Å²) in [6.07, 6.45) is 4.15. The normalized spacial score (nSPS) is 23.4. The number of carbonyl (C=O) groups is 2. The number of benzene rings is 1. The maximum atomic E-state index is 13.2. The lowest BCUT2D eigenvalue weighted by Gasteiger charge is -2.39. The Bertz CT molecular complexity index is 646. The molecule has 3 rings (SSSR count). The van der Waals surface area contributed by atoms with Gasteiger partial charge in [0.1, 0.15) is 5.75 Å². The average molecular weight is 344 g/mol. The number of hydrogen-bond acceptors (Lipinski definition) is 3. The van der Waals surface area contributed by atoms with E-state index in [4.69, 9.17) is 4.74 Å². The summed E-state index contributed by atoms with van der Waals surface area (Å²) < 4.78 is 5.28. The molecular weight excluding hydrogens is 316 g/mol. The molecule has 0 saturated carbocycles. The molecule has 1 aromatic carbocycles. The molecule has 1 atom stereocenters. The minimum absolute atomic E-state index is 0.192. The lowest BCUT2D eigenvalue weighted by Crippen LogP contribution is -2.50. The molecule has 5 heteroatoms. The Kier molecular flexibility index (Phi) is 5.30. The van der Waals surface area contributed by atoms with Crippen molar-refractivity contribution in [1.82, 2.24) is 9.80 Å². The van der Waals surface area contributed by atoms with Gasteiger partial charge in [-0.25, -0.2) is 0 Å². The quantitative estimate of drug-likeness (QED) is 0.825. The number of nitrogens with zero attached hydrogens (tertiary/aromatic N) is 2. The number of piperidine rings is 1. The molecular formula is C20H28N2O3. The summed E-state index contributed by atoms with van der Waals surface area (Å²) in [6, 6.07) is 7.89. The van der Waals surface area contributed by atoms with Crippen LogP contribution in [0, 0.1) is 5.41 Å². The standard InChI is InChI=1S/C20H28N2O3/c1-3-6-18(23)22-12-10-20(15-22)9-5-11-21(19(20)24)14-16-7-4-8-17(13-16)25-2/h4,7-8,13H,3,5-6,9-12,14-15H2,1-2H3/t20-/m1/s1. The molecule has 0 N–H and O–H groups in total. The molecule has 25 heavy (non-hydrogen) atoms. The summed E-state index contributed by atoms with van der Waals surface area (Å²) in [5.74, 6) is 1.22. The number of likely N-dealkylation sites (tertiary alicyclic amines) is 2. The van der Waals surface area contributed by atoms with Gasteiger partial charge in [0.15, 0.2) is 0 Å². The summed E-state index contributed by atoms with van der Waals surface area (Å²) in [5.41, 5.74) is 0.724. The Morgan fingerprint density at radius 2 is 2.12 bits per heavy atom. The molecule has 2 heterocycles. The van der Waals surface area contributed by atoms with Crippen molar-refractivity contribution in [3.05, 3.63) is 29.8 Å². The molecule has 5 nitrogen and oxygen atoms in total. The fourth-order valence-corrected chi connectivity index (χ4v) is 4.13. The first kappa shape index (κ1) is 17.8. The largest absolute Gasteiger partial charge is 0.497 e. The molecule has 2 aliphatic rings. The van der Waals surface area contributed by atoms with E-state index in [2.05, 4.69) is 0 Å². The third-order valence-electron chi connectivity index (χ3n) is 5.50. The Labute approximate surface area is 149 Å². The highest BCUT2D eigenvalue weighted by Gasteiger charge is 2.49. The zero-order chi connectivity index (χ0) is 17.9. The van der Waals surface area contributed by atoms with Gasteiger partial charge in [-0.05, 0) is 43.4 Å². The van der Waals surface area contributed by atoms with Gasteiger partial charge in [0.2, 0.25) is 11.8 Å². The Morgan fingerprint density at radius 1 is 1.28 bits per heavy atom. The van der Waals surface area contributed by atoms with Crippen LogP contribution < -0.4 is 4.74 Å². The van der Waals surface area contributed by atoms with E-state index >= 15 is 0 Å². The van der Waals surface area contributed by atoms with E-state index in [1.807, 2.05) is 41.0 Å². The number of ether oxygens (including phenoxy) is 1. The van der Waals surface area contributed by atoms with Crippen molar-refractivity contribution in [2.45, 2.75) is 45.6 Å². The summed E-state index contributed by atoms with van der Waals surface area (Å²) >= 11 is 0. The van der Waals surface area contributed by atoms with Gasteiger partial charge in [-0.2, -0.15) is 0 Å². The molecule has 0 aromatic heterocycles. The van der Waals surface area contributed by atoms with E-state index in [0.29, 0.717) is 19.5 Å². The molecule has 0 unspecified atom stereocenters. The van der Waals surface area contributed by atoms with E-state index in [0.717, 1.165) is 50.1 Å². The van der Waals surface area contributed by atoms with Crippen LogP contribution in [-0.4, -0.2) is 48.4 Å². The Hall–Kier alpha value is -2.04. The minimum atomic E-state index is -0.361. The van der Waals surface area contributed by atoms with E-state index < -0.39 is 0 Å². The van der Waals surface area contributed by atoms with Gasteiger partial charge in [0.25, 0.3) is 0 Å². The van der Waals surface area contributed by atoms with Crippen molar-refractivity contribution >= 4 is 11.8 Å². The van der Waals surface area contributed by atoms with Crippen LogP contribution in [0.2, 0.25) is 0 Å². The fourth-order valence-electron chi connectivity index (χ4n) is 4.13. The average Bonchev–Trinajstić information content (AvgIpc) is 3.05. The molecule has 136 valence electrons. The van der Waals surface area contributed by atoms with Crippen LogP contribution in [0.4, 0.5) is 0 Å². The highest BCUT2D eigenvalue weighted by atomic mass is 16.5. The topological polar surface area (TPSA) is 49.9 Å². The Balaban J connectivity index is 1.70. The van der Waals surface area contributed by atoms with Gasteiger partial charge in [0.05, 0.1) is 12.5 Å². The second-order valence-electron chi connectivity index (χ2n) is 7.28. The van der Waals surface area contributed by atoms with Crippen LogP contribution in [0.1, 0.15) is 44.6 Å². The summed E-state index contributed by atoms with van der Waals surface area (Å²) in [7, 11) is 1.65. The number of methoxy groups -OCH3 is 1. The van der Waals surface area contributed by atoms with Gasteiger partial charge >= 0.3 is 0 Å². The Morgan fingerprint density at radius 3 is 2.88 bits per heavy atom. The van der Waals surface area contributed by atoms with Crippen LogP contribution in [-0.2, 0) is 16.1 Å². The first-order chi connectivity index (χ1) is 12.1. The SMILES string of the molecule is CCCC(=O)N1CC[C@]2(CCCN(Cc3cccc(OC)c3)C2=O)C1. The van der Waals surface area contributed by atoms with Crippen LogP contribution in [0.25, 0.3) is 0 Å². The van der Waals surface area contributed by atoms with Gasteiger partial charge in [-0.3, -0.25) is 9.59 Å². The van der Waals surface area contributed by atoms with Crippen LogP contribution >= 0.6 is 0 Å². The monoisotopic (exact) mass is 344 g/mol. The minimum Gasteiger partial charge on any atom is -0.497 e. The zero-order valence-corrected chi connectivity index (χ0v) is 15.3. The van der Waals surface area contributed by atoms with E-state index in [-0.39, 0.29) is 17.2 Å². The third-order valence-corrected chi connectivity index (χ3v) is 5.50. The summed E-state index contributed by atoms with van der Waals surface area (Å²) in [5, 5.41) is 0. The number of amides is 2. The van der Waals surface area contributed by atoms with E-state index in [1.54, 1.807) is 7.11 Å². The maximum absolute atomic E-state index is 13.2. The van der Waals surface area contributed by atoms with Crippen molar-refractivity contribution in [1.29, 1.82) is 0 Å². The lowest BCUT2D eigenvalue weighted by atomic mass is 9.78. The van der Waals surface area contributed by atoms with Gasteiger partial charge in [0, 0.05) is 32.6 Å². The van der Waals surface area contributed by atoms with E-state index in [1.165, 1.54) is 0 Å². The highest BCUT2D eigenvalue weighted by molar-refractivity contribution is 5.86.